The van der Waals surface area contributed by atoms with Crippen molar-refractivity contribution in [3.05, 3.63) is 35.4 Å². The Morgan fingerprint density at radius 3 is 2.67 bits per heavy atom. The summed E-state index contributed by atoms with van der Waals surface area (Å²) in [7, 11) is -3.87. The second-order valence-corrected chi connectivity index (χ2v) is 5.35. The van der Waals surface area contributed by atoms with E-state index in [9.17, 15) is 8.42 Å². The third-order valence-corrected chi connectivity index (χ3v) is 3.91. The van der Waals surface area contributed by atoms with E-state index in [0.29, 0.717) is 12.1 Å². The van der Waals surface area contributed by atoms with Gasteiger partial charge in [-0.05, 0) is 12.0 Å². The number of nitrogens with two attached hydrogens (primary N) is 2. The van der Waals surface area contributed by atoms with Crippen molar-refractivity contribution in [2.45, 2.75) is 11.4 Å². The molecular weight excluding hydrogens is 214 g/mol. The summed E-state index contributed by atoms with van der Waals surface area (Å²) >= 11 is 0. The molecule has 15 heavy (non-hydrogen) atoms. The second kappa shape index (κ2) is 3.28. The lowest BCUT2D eigenvalue weighted by Crippen LogP contribution is -2.61. The Balaban J connectivity index is 2.65. The molecular formula is C9H13N3O2S. The van der Waals surface area contributed by atoms with Crippen LogP contribution in [-0.4, -0.2) is 15.0 Å². The van der Waals surface area contributed by atoms with E-state index in [0.717, 1.165) is 12.0 Å². The highest BCUT2D eigenvalue weighted by molar-refractivity contribution is 7.90. The highest BCUT2D eigenvalue weighted by Gasteiger charge is 2.42. The fourth-order valence-corrected chi connectivity index (χ4v) is 2.64. The summed E-state index contributed by atoms with van der Waals surface area (Å²) in [5.41, 5.74) is 7.29. The first-order chi connectivity index (χ1) is 6.95. The quantitative estimate of drug-likeness (QED) is 0.584. The van der Waals surface area contributed by atoms with Crippen molar-refractivity contribution < 1.29 is 8.42 Å². The number of sulfonamides is 1. The normalized spacial score (nSPS) is 26.0. The molecule has 5 N–H and O–H groups in total. The first-order valence-electron chi connectivity index (χ1n) is 4.60. The van der Waals surface area contributed by atoms with E-state index >= 15 is 0 Å². The molecule has 1 aliphatic heterocycles. The number of fused-ring (bicyclic) bond motifs is 1. The molecule has 0 saturated heterocycles. The van der Waals surface area contributed by atoms with Gasteiger partial charge in [-0.2, -0.15) is 0 Å². The van der Waals surface area contributed by atoms with E-state index in [1.165, 1.54) is 0 Å². The Morgan fingerprint density at radius 2 is 2.00 bits per heavy atom. The van der Waals surface area contributed by atoms with Gasteiger partial charge in [0, 0.05) is 12.1 Å². The van der Waals surface area contributed by atoms with Crippen LogP contribution in [0.1, 0.15) is 11.1 Å². The summed E-state index contributed by atoms with van der Waals surface area (Å²) in [5.74, 6) is 0. The van der Waals surface area contributed by atoms with Crippen molar-refractivity contribution in [1.82, 2.24) is 5.32 Å². The second-order valence-electron chi connectivity index (χ2n) is 3.61. The highest BCUT2D eigenvalue weighted by atomic mass is 32.2. The molecule has 82 valence electrons. The zero-order valence-corrected chi connectivity index (χ0v) is 8.92. The van der Waals surface area contributed by atoms with Gasteiger partial charge in [0.1, 0.15) is 0 Å². The lowest BCUT2D eigenvalue weighted by Gasteiger charge is -2.34. The molecule has 0 aromatic heterocycles. The van der Waals surface area contributed by atoms with Crippen LogP contribution in [0.5, 0.6) is 0 Å². The van der Waals surface area contributed by atoms with Crippen molar-refractivity contribution >= 4 is 10.0 Å². The minimum absolute atomic E-state index is 0.504. The Labute approximate surface area is 88.5 Å². The molecule has 0 spiro atoms. The molecule has 0 saturated carbocycles. The van der Waals surface area contributed by atoms with E-state index in [1.807, 2.05) is 12.1 Å². The summed E-state index contributed by atoms with van der Waals surface area (Å²) in [4.78, 5) is -1.65. The fourth-order valence-electron chi connectivity index (χ4n) is 1.83. The van der Waals surface area contributed by atoms with Crippen molar-refractivity contribution in [2.75, 3.05) is 6.54 Å². The van der Waals surface area contributed by atoms with Crippen LogP contribution in [0.15, 0.2) is 24.3 Å². The van der Waals surface area contributed by atoms with Crippen LogP contribution in [0.25, 0.3) is 0 Å². The highest BCUT2D eigenvalue weighted by Crippen LogP contribution is 2.27. The Kier molecular flexibility index (Phi) is 2.31. The number of benzene rings is 1. The van der Waals surface area contributed by atoms with Crippen LogP contribution in [0, 0.1) is 0 Å². The maximum absolute atomic E-state index is 11.5. The Hall–Kier alpha value is -0.950. The standard InChI is InChI=1S/C9H13N3O2S/c10-9(15(11,13)14)8-4-2-1-3-7(8)5-6-12-9/h1-4,12H,5-6,10H2,(H2,11,13,14). The van der Waals surface area contributed by atoms with Gasteiger partial charge in [-0.15, -0.1) is 0 Å². The van der Waals surface area contributed by atoms with Crippen LogP contribution in [0.3, 0.4) is 0 Å². The molecule has 5 nitrogen and oxygen atoms in total. The molecule has 2 rings (SSSR count). The summed E-state index contributed by atoms with van der Waals surface area (Å²) in [6.07, 6.45) is 0.755. The molecule has 1 aliphatic rings. The van der Waals surface area contributed by atoms with Crippen molar-refractivity contribution in [1.29, 1.82) is 0 Å². The topological polar surface area (TPSA) is 98.2 Å². The molecule has 0 bridgehead atoms. The maximum atomic E-state index is 11.5. The van der Waals surface area contributed by atoms with E-state index in [2.05, 4.69) is 5.32 Å². The number of hydrogen-bond donors (Lipinski definition) is 3. The maximum Gasteiger partial charge on any atom is 0.246 e. The summed E-state index contributed by atoms with van der Waals surface area (Å²) in [5, 5.41) is 7.90. The summed E-state index contributed by atoms with van der Waals surface area (Å²) in [6, 6.07) is 7.15. The molecule has 0 radical (unpaired) electrons. The lowest BCUT2D eigenvalue weighted by atomic mass is 9.99. The van der Waals surface area contributed by atoms with Gasteiger partial charge in [-0.3, -0.25) is 11.1 Å². The molecule has 1 unspecified atom stereocenters. The number of hydrogen-bond acceptors (Lipinski definition) is 4. The first kappa shape index (κ1) is 10.6. The van der Waals surface area contributed by atoms with E-state index in [-0.39, 0.29) is 0 Å². The van der Waals surface area contributed by atoms with Gasteiger partial charge in [-0.25, -0.2) is 13.6 Å². The Bertz CT molecular complexity index is 486. The molecule has 1 heterocycles. The average Bonchev–Trinajstić information content (AvgIpc) is 2.17. The Morgan fingerprint density at radius 1 is 1.33 bits per heavy atom. The lowest BCUT2D eigenvalue weighted by molar-refractivity contribution is 0.429. The van der Waals surface area contributed by atoms with Crippen LogP contribution in [-0.2, 0) is 21.4 Å². The largest absolute Gasteiger partial charge is 0.295 e. The van der Waals surface area contributed by atoms with Gasteiger partial charge in [0.15, 0.2) is 0 Å². The number of rotatable bonds is 1. The number of primary sulfonamides is 1. The van der Waals surface area contributed by atoms with Crippen molar-refractivity contribution in [3.63, 3.8) is 0 Å². The fraction of sp³-hybridized carbons (Fsp3) is 0.333. The third-order valence-electron chi connectivity index (χ3n) is 2.65. The van der Waals surface area contributed by atoms with Crippen molar-refractivity contribution in [3.8, 4) is 0 Å². The minimum atomic E-state index is -3.87. The van der Waals surface area contributed by atoms with Crippen LogP contribution < -0.4 is 16.2 Å². The van der Waals surface area contributed by atoms with Gasteiger partial charge < -0.3 is 0 Å². The van der Waals surface area contributed by atoms with E-state index in [1.54, 1.807) is 12.1 Å². The molecule has 0 aliphatic carbocycles. The predicted octanol–water partition coefficient (Wildman–Crippen LogP) is -0.810. The summed E-state index contributed by atoms with van der Waals surface area (Å²) < 4.78 is 22.9. The molecule has 1 aromatic rings. The predicted molar refractivity (Wildman–Crippen MR) is 57.1 cm³/mol. The zero-order chi connectivity index (χ0) is 11.1. The molecule has 1 atom stereocenters. The monoisotopic (exact) mass is 227 g/mol. The van der Waals surface area contributed by atoms with Gasteiger partial charge in [0.2, 0.25) is 15.0 Å². The van der Waals surface area contributed by atoms with Gasteiger partial charge in [0.05, 0.1) is 0 Å². The summed E-state index contributed by atoms with van der Waals surface area (Å²) in [6.45, 7) is 0.504. The molecule has 0 fully saturated rings. The van der Waals surface area contributed by atoms with E-state index < -0.39 is 15.0 Å². The molecule has 1 aromatic carbocycles. The van der Waals surface area contributed by atoms with Crippen molar-refractivity contribution in [2.24, 2.45) is 10.9 Å². The SMILES string of the molecule is NC1(S(N)(=O)=O)NCCc2ccccc21. The smallest absolute Gasteiger partial charge is 0.246 e. The molecule has 6 heteroatoms. The van der Waals surface area contributed by atoms with Gasteiger partial charge >= 0.3 is 0 Å². The first-order valence-corrected chi connectivity index (χ1v) is 6.14. The van der Waals surface area contributed by atoms with E-state index in [4.69, 9.17) is 10.9 Å². The third kappa shape index (κ3) is 1.55. The van der Waals surface area contributed by atoms with Gasteiger partial charge in [-0.1, -0.05) is 24.3 Å². The minimum Gasteiger partial charge on any atom is -0.295 e. The average molecular weight is 227 g/mol. The molecule has 0 amide bonds. The van der Waals surface area contributed by atoms with Crippen LogP contribution >= 0.6 is 0 Å². The van der Waals surface area contributed by atoms with Gasteiger partial charge in [0.25, 0.3) is 0 Å². The number of nitrogens with one attached hydrogen (secondary N) is 1. The van der Waals surface area contributed by atoms with Crippen LogP contribution in [0.4, 0.5) is 0 Å². The zero-order valence-electron chi connectivity index (χ0n) is 8.10. The van der Waals surface area contributed by atoms with Crippen LogP contribution in [0.2, 0.25) is 0 Å².